The zero-order valence-corrected chi connectivity index (χ0v) is 13.1. The summed E-state index contributed by atoms with van der Waals surface area (Å²) in [6.07, 6.45) is 2.75. The van der Waals surface area contributed by atoms with E-state index in [9.17, 15) is 8.42 Å². The van der Waals surface area contributed by atoms with Crippen molar-refractivity contribution in [3.8, 4) is 0 Å². The molecule has 0 unspecified atom stereocenters. The molecule has 4 nitrogen and oxygen atoms in total. The van der Waals surface area contributed by atoms with E-state index in [0.717, 1.165) is 4.47 Å². The molecule has 100 valence electrons. The number of nitrogens with one attached hydrogen (secondary N) is 1. The molecule has 2 rings (SSSR count). The smallest absolute Gasteiger partial charge is 0.175 e. The van der Waals surface area contributed by atoms with Crippen LogP contribution in [0.4, 0.5) is 11.4 Å². The van der Waals surface area contributed by atoms with Gasteiger partial charge >= 0.3 is 0 Å². The van der Waals surface area contributed by atoms with Crippen LogP contribution in [0.1, 0.15) is 0 Å². The molecule has 2 aromatic rings. The molecule has 1 aromatic carbocycles. The lowest BCUT2D eigenvalue weighted by Crippen LogP contribution is -1.99. The summed E-state index contributed by atoms with van der Waals surface area (Å²) < 4.78 is 23.7. The fourth-order valence-electron chi connectivity index (χ4n) is 1.47. The summed E-state index contributed by atoms with van der Waals surface area (Å²) in [7, 11) is -3.23. The summed E-state index contributed by atoms with van der Waals surface area (Å²) in [4.78, 5) is 4.18. The second-order valence-electron chi connectivity index (χ2n) is 3.91. The standard InChI is InChI=1S/C12H10BrClN2O2S/c1-19(17,18)9-4-2-3-8(5-9)16-11-6-12(14)15-7-10(11)13/h2-7H,1H3,(H,15,16). The number of benzene rings is 1. The molecule has 0 aliphatic heterocycles. The van der Waals surface area contributed by atoms with Gasteiger partial charge in [-0.25, -0.2) is 13.4 Å². The second-order valence-corrected chi connectivity index (χ2v) is 7.17. The van der Waals surface area contributed by atoms with Gasteiger partial charge in [-0.15, -0.1) is 0 Å². The van der Waals surface area contributed by atoms with E-state index in [-0.39, 0.29) is 4.90 Å². The molecule has 0 radical (unpaired) electrons. The number of anilines is 2. The minimum Gasteiger partial charge on any atom is -0.354 e. The molecule has 0 saturated carbocycles. The van der Waals surface area contributed by atoms with Crippen LogP contribution in [0.15, 0.2) is 45.9 Å². The Balaban J connectivity index is 2.36. The van der Waals surface area contributed by atoms with Crippen molar-refractivity contribution in [3.05, 3.63) is 46.2 Å². The van der Waals surface area contributed by atoms with Gasteiger partial charge in [0.15, 0.2) is 9.84 Å². The Hall–Kier alpha value is -1.11. The van der Waals surface area contributed by atoms with Crippen LogP contribution in [-0.4, -0.2) is 19.7 Å². The predicted molar refractivity (Wildman–Crippen MR) is 79.8 cm³/mol. The van der Waals surface area contributed by atoms with Gasteiger partial charge in [0, 0.05) is 24.2 Å². The number of halogens is 2. The first kappa shape index (κ1) is 14.3. The molecule has 0 atom stereocenters. The molecular formula is C12H10BrClN2O2S. The maximum atomic E-state index is 11.5. The Morgan fingerprint density at radius 3 is 2.74 bits per heavy atom. The number of hydrogen-bond donors (Lipinski definition) is 1. The summed E-state index contributed by atoms with van der Waals surface area (Å²) in [6.45, 7) is 0. The lowest BCUT2D eigenvalue weighted by molar-refractivity contribution is 0.602. The quantitative estimate of drug-likeness (QED) is 0.848. The van der Waals surface area contributed by atoms with Gasteiger partial charge in [0.05, 0.1) is 15.1 Å². The minimum atomic E-state index is -3.23. The van der Waals surface area contributed by atoms with Crippen LogP contribution in [0.5, 0.6) is 0 Å². The third-order valence-corrected chi connectivity index (χ3v) is 4.31. The Kier molecular flexibility index (Phi) is 4.13. The number of aromatic nitrogens is 1. The predicted octanol–water partition coefficient (Wildman–Crippen LogP) is 3.64. The third kappa shape index (κ3) is 3.68. The van der Waals surface area contributed by atoms with Gasteiger partial charge in [-0.2, -0.15) is 0 Å². The summed E-state index contributed by atoms with van der Waals surface area (Å²) >= 11 is 9.16. The SMILES string of the molecule is CS(=O)(=O)c1cccc(Nc2cc(Cl)ncc2Br)c1. The molecular weight excluding hydrogens is 352 g/mol. The van der Waals surface area contributed by atoms with Crippen molar-refractivity contribution in [2.24, 2.45) is 0 Å². The van der Waals surface area contributed by atoms with Crippen LogP contribution < -0.4 is 5.32 Å². The van der Waals surface area contributed by atoms with Gasteiger partial charge < -0.3 is 5.32 Å². The Morgan fingerprint density at radius 1 is 1.32 bits per heavy atom. The third-order valence-electron chi connectivity index (χ3n) is 2.36. The average molecular weight is 362 g/mol. The average Bonchev–Trinajstić information content (AvgIpc) is 2.33. The summed E-state index contributed by atoms with van der Waals surface area (Å²) in [5.41, 5.74) is 1.37. The Bertz CT molecular complexity index is 719. The van der Waals surface area contributed by atoms with E-state index in [1.165, 1.54) is 6.26 Å². The lowest BCUT2D eigenvalue weighted by atomic mass is 10.3. The summed E-state index contributed by atoms with van der Waals surface area (Å²) in [5, 5.41) is 3.44. The molecule has 1 aromatic heterocycles. The van der Waals surface area contributed by atoms with Crippen molar-refractivity contribution in [2.75, 3.05) is 11.6 Å². The molecule has 0 aliphatic rings. The number of hydrogen-bond acceptors (Lipinski definition) is 4. The molecule has 1 heterocycles. The largest absolute Gasteiger partial charge is 0.354 e. The molecule has 1 N–H and O–H groups in total. The van der Waals surface area contributed by atoms with E-state index in [0.29, 0.717) is 16.5 Å². The van der Waals surface area contributed by atoms with Crippen molar-refractivity contribution >= 4 is 48.7 Å². The van der Waals surface area contributed by atoms with E-state index in [2.05, 4.69) is 26.2 Å². The highest BCUT2D eigenvalue weighted by atomic mass is 79.9. The molecule has 7 heteroatoms. The summed E-state index contributed by atoms with van der Waals surface area (Å²) in [6, 6.07) is 8.22. The molecule has 0 amide bonds. The molecule has 19 heavy (non-hydrogen) atoms. The molecule has 0 aliphatic carbocycles. The number of rotatable bonds is 3. The fraction of sp³-hybridized carbons (Fsp3) is 0.0833. The van der Waals surface area contributed by atoms with Crippen molar-refractivity contribution in [1.82, 2.24) is 4.98 Å². The van der Waals surface area contributed by atoms with Crippen molar-refractivity contribution in [2.45, 2.75) is 4.90 Å². The van der Waals surface area contributed by atoms with Crippen LogP contribution in [0, 0.1) is 0 Å². The second kappa shape index (κ2) is 5.48. The van der Waals surface area contributed by atoms with Crippen molar-refractivity contribution < 1.29 is 8.42 Å². The van der Waals surface area contributed by atoms with Crippen LogP contribution in [0.25, 0.3) is 0 Å². The maximum Gasteiger partial charge on any atom is 0.175 e. The number of pyridine rings is 1. The van der Waals surface area contributed by atoms with E-state index < -0.39 is 9.84 Å². The van der Waals surface area contributed by atoms with Gasteiger partial charge in [-0.05, 0) is 34.1 Å². The highest BCUT2D eigenvalue weighted by Crippen LogP contribution is 2.28. The van der Waals surface area contributed by atoms with Gasteiger partial charge in [0.1, 0.15) is 5.15 Å². The highest BCUT2D eigenvalue weighted by Gasteiger charge is 2.08. The van der Waals surface area contributed by atoms with Gasteiger partial charge in [0.25, 0.3) is 0 Å². The van der Waals surface area contributed by atoms with Crippen molar-refractivity contribution in [1.29, 1.82) is 0 Å². The first-order valence-electron chi connectivity index (χ1n) is 5.24. The Labute approximate surface area is 124 Å². The normalized spacial score (nSPS) is 11.3. The number of sulfone groups is 1. The van der Waals surface area contributed by atoms with Crippen LogP contribution >= 0.6 is 27.5 Å². The van der Waals surface area contributed by atoms with Gasteiger partial charge in [-0.3, -0.25) is 0 Å². The van der Waals surface area contributed by atoms with E-state index >= 15 is 0 Å². The number of nitrogens with zero attached hydrogens (tertiary/aromatic N) is 1. The van der Waals surface area contributed by atoms with Gasteiger partial charge in [0.2, 0.25) is 0 Å². The molecule has 0 saturated heterocycles. The topological polar surface area (TPSA) is 59.1 Å². The molecule has 0 fully saturated rings. The van der Waals surface area contributed by atoms with Crippen molar-refractivity contribution in [3.63, 3.8) is 0 Å². The van der Waals surface area contributed by atoms with E-state index in [1.807, 2.05) is 0 Å². The molecule has 0 bridgehead atoms. The molecule has 0 spiro atoms. The van der Waals surface area contributed by atoms with Crippen LogP contribution in [0.3, 0.4) is 0 Å². The van der Waals surface area contributed by atoms with Gasteiger partial charge in [-0.1, -0.05) is 17.7 Å². The maximum absolute atomic E-state index is 11.5. The first-order chi connectivity index (χ1) is 8.86. The fourth-order valence-corrected chi connectivity index (χ4v) is 2.61. The monoisotopic (exact) mass is 360 g/mol. The summed E-state index contributed by atoms with van der Waals surface area (Å²) in [5.74, 6) is 0. The minimum absolute atomic E-state index is 0.258. The highest BCUT2D eigenvalue weighted by molar-refractivity contribution is 9.10. The van der Waals surface area contributed by atoms with Crippen LogP contribution in [0.2, 0.25) is 5.15 Å². The zero-order valence-electron chi connectivity index (χ0n) is 9.89. The van der Waals surface area contributed by atoms with Crippen LogP contribution in [-0.2, 0) is 9.84 Å². The first-order valence-corrected chi connectivity index (χ1v) is 8.31. The van der Waals surface area contributed by atoms with E-state index in [4.69, 9.17) is 11.6 Å². The lowest BCUT2D eigenvalue weighted by Gasteiger charge is -2.09. The Morgan fingerprint density at radius 2 is 2.05 bits per heavy atom. The van der Waals surface area contributed by atoms with E-state index in [1.54, 1.807) is 36.5 Å². The zero-order chi connectivity index (χ0) is 14.0.